The van der Waals surface area contributed by atoms with Crippen LogP contribution in [0.1, 0.15) is 54.4 Å². The number of primary amides is 1. The summed E-state index contributed by atoms with van der Waals surface area (Å²) in [5.74, 6) is -9.67. The van der Waals surface area contributed by atoms with Crippen LogP contribution < -0.4 is 16.4 Å². The molecule has 1 heterocycles. The molecule has 43 heavy (non-hydrogen) atoms. The summed E-state index contributed by atoms with van der Waals surface area (Å²) in [5.41, 5.74) is 4.08. The maximum absolute atomic E-state index is 13.8. The molecule has 1 aromatic carbocycles. The number of hydrogen-bond acceptors (Lipinski definition) is 10. The third-order valence-corrected chi connectivity index (χ3v) is 9.39. The number of nitrogens with two attached hydrogens (primary N) is 1. The van der Waals surface area contributed by atoms with Gasteiger partial charge in [0.05, 0.1) is 11.6 Å². The Kier molecular flexibility index (Phi) is 6.93. The van der Waals surface area contributed by atoms with E-state index < -0.39 is 58.8 Å². The van der Waals surface area contributed by atoms with E-state index in [0.29, 0.717) is 29.7 Å². The highest BCUT2D eigenvalue weighted by atomic mass is 16.3. The summed E-state index contributed by atoms with van der Waals surface area (Å²) in [6.07, 6.45) is 6.07. The lowest BCUT2D eigenvalue weighted by atomic mass is 9.56. The van der Waals surface area contributed by atoms with Crippen molar-refractivity contribution in [3.63, 3.8) is 0 Å². The standard InChI is InChI=1S/C31H31N3O9/c32-29(41)24-21(36)11-16-8-14-9-19-18(13-3-5-17(35)6-4-13)10-15(12-34-30(42)20-2-1-7-33-20)25(37)23(19)26(38)22(14)27(39)31(16,43)28(24)40/h3-5,10,14,16,20,24,33,37-38,43H,1-2,6-9,11-12H2,(H2,32,41)(H,34,42)/t14-,16+,20?,24?,31+/m1/s1. The van der Waals surface area contributed by atoms with Gasteiger partial charge < -0.3 is 31.7 Å². The van der Waals surface area contributed by atoms with Gasteiger partial charge >= 0.3 is 0 Å². The van der Waals surface area contributed by atoms with Crippen LogP contribution in [0.3, 0.4) is 0 Å². The van der Waals surface area contributed by atoms with Crippen LogP contribution in [0.4, 0.5) is 0 Å². The van der Waals surface area contributed by atoms with Gasteiger partial charge in [-0.1, -0.05) is 12.2 Å². The summed E-state index contributed by atoms with van der Waals surface area (Å²) in [5, 5.41) is 40.4. The van der Waals surface area contributed by atoms with Gasteiger partial charge in [-0.05, 0) is 67.0 Å². The number of ketones is 4. The van der Waals surface area contributed by atoms with Crippen molar-refractivity contribution in [1.29, 1.82) is 0 Å². The number of carbonyl (C=O) groups excluding carboxylic acids is 6. The van der Waals surface area contributed by atoms with Crippen molar-refractivity contribution in [2.75, 3.05) is 6.54 Å². The van der Waals surface area contributed by atoms with Gasteiger partial charge in [-0.2, -0.15) is 0 Å². The zero-order chi connectivity index (χ0) is 30.8. The van der Waals surface area contributed by atoms with E-state index in [4.69, 9.17) is 5.73 Å². The number of phenolic OH excluding ortho intramolecular Hbond substituents is 1. The van der Waals surface area contributed by atoms with Gasteiger partial charge in [0, 0.05) is 36.4 Å². The van der Waals surface area contributed by atoms with Crippen molar-refractivity contribution in [3.8, 4) is 5.75 Å². The van der Waals surface area contributed by atoms with Gasteiger partial charge in [0.1, 0.15) is 11.5 Å². The Labute approximate surface area is 245 Å². The first kappa shape index (κ1) is 28.7. The first-order chi connectivity index (χ1) is 20.4. The van der Waals surface area contributed by atoms with Gasteiger partial charge in [-0.15, -0.1) is 0 Å². The molecule has 0 spiro atoms. The van der Waals surface area contributed by atoms with E-state index in [1.54, 1.807) is 18.2 Å². The second kappa shape index (κ2) is 10.4. The third-order valence-electron chi connectivity index (χ3n) is 9.39. The van der Waals surface area contributed by atoms with Crippen molar-refractivity contribution in [1.82, 2.24) is 10.6 Å². The van der Waals surface area contributed by atoms with Crippen LogP contribution in [0.5, 0.6) is 5.75 Å². The lowest BCUT2D eigenvalue weighted by molar-refractivity contribution is -0.169. The fourth-order valence-corrected chi connectivity index (χ4v) is 7.20. The molecule has 2 unspecified atom stereocenters. The van der Waals surface area contributed by atoms with E-state index in [9.17, 15) is 44.1 Å². The molecular weight excluding hydrogens is 558 g/mol. The molecule has 2 saturated carbocycles. The molecule has 224 valence electrons. The normalized spacial score (nSPS) is 30.0. The predicted molar refractivity (Wildman–Crippen MR) is 150 cm³/mol. The Balaban J connectivity index is 1.46. The molecule has 1 aliphatic heterocycles. The Hall–Kier alpha value is -4.42. The summed E-state index contributed by atoms with van der Waals surface area (Å²) >= 11 is 0. The predicted octanol–water partition coefficient (Wildman–Crippen LogP) is 0.0777. The van der Waals surface area contributed by atoms with Gasteiger partial charge in [0.25, 0.3) is 0 Å². The maximum atomic E-state index is 13.8. The lowest BCUT2D eigenvalue weighted by Crippen LogP contribution is -2.65. The van der Waals surface area contributed by atoms with E-state index in [1.807, 2.05) is 0 Å². The highest BCUT2D eigenvalue weighted by Gasteiger charge is 2.64. The molecule has 12 nitrogen and oxygen atoms in total. The molecule has 0 bridgehead atoms. The summed E-state index contributed by atoms with van der Waals surface area (Å²) in [6, 6.07) is 1.30. The molecule has 7 N–H and O–H groups in total. The smallest absolute Gasteiger partial charge is 0.237 e. The Morgan fingerprint density at radius 1 is 1.12 bits per heavy atom. The quantitative estimate of drug-likeness (QED) is 0.254. The second-order valence-electron chi connectivity index (χ2n) is 11.9. The van der Waals surface area contributed by atoms with Crippen LogP contribution in [-0.4, -0.2) is 68.5 Å². The van der Waals surface area contributed by atoms with Gasteiger partial charge in [-0.25, -0.2) is 0 Å². The van der Waals surface area contributed by atoms with Crippen molar-refractivity contribution in [2.45, 2.75) is 56.7 Å². The minimum Gasteiger partial charge on any atom is -0.507 e. The largest absolute Gasteiger partial charge is 0.507 e. The van der Waals surface area contributed by atoms with Gasteiger partial charge in [-0.3, -0.25) is 28.8 Å². The average molecular weight is 590 g/mol. The summed E-state index contributed by atoms with van der Waals surface area (Å²) in [4.78, 5) is 76.2. The molecule has 1 saturated heterocycles. The molecule has 0 radical (unpaired) electrons. The summed E-state index contributed by atoms with van der Waals surface area (Å²) in [7, 11) is 0. The van der Waals surface area contributed by atoms with E-state index in [1.165, 1.54) is 6.08 Å². The zero-order valence-electron chi connectivity index (χ0n) is 23.1. The van der Waals surface area contributed by atoms with Crippen LogP contribution >= 0.6 is 0 Å². The number of fused-ring (bicyclic) bond motifs is 3. The fourth-order valence-electron chi connectivity index (χ4n) is 7.20. The monoisotopic (exact) mass is 589 g/mol. The Morgan fingerprint density at radius 3 is 2.53 bits per heavy atom. The minimum absolute atomic E-state index is 0.0240. The summed E-state index contributed by atoms with van der Waals surface area (Å²) in [6.45, 7) is 0.609. The van der Waals surface area contributed by atoms with Crippen molar-refractivity contribution < 1.29 is 44.1 Å². The first-order valence-electron chi connectivity index (χ1n) is 14.3. The zero-order valence-corrected chi connectivity index (χ0v) is 23.1. The van der Waals surface area contributed by atoms with Gasteiger partial charge in [0.15, 0.2) is 28.9 Å². The van der Waals surface area contributed by atoms with Gasteiger partial charge in [0.2, 0.25) is 17.6 Å². The van der Waals surface area contributed by atoms with E-state index in [-0.39, 0.29) is 66.0 Å². The molecule has 12 heteroatoms. The lowest BCUT2D eigenvalue weighted by Gasteiger charge is -2.46. The van der Waals surface area contributed by atoms with E-state index in [0.717, 1.165) is 6.42 Å². The van der Waals surface area contributed by atoms with E-state index >= 15 is 0 Å². The molecule has 5 aliphatic rings. The van der Waals surface area contributed by atoms with Crippen LogP contribution in [0.15, 0.2) is 29.9 Å². The molecule has 3 fully saturated rings. The average Bonchev–Trinajstić information content (AvgIpc) is 3.50. The minimum atomic E-state index is -2.74. The molecule has 4 aliphatic carbocycles. The molecule has 0 aromatic heterocycles. The fraction of sp³-hybridized carbons (Fsp3) is 0.419. The number of benzene rings is 1. The number of carbonyl (C=O) groups is 6. The highest BCUT2D eigenvalue weighted by molar-refractivity contribution is 6.31. The van der Waals surface area contributed by atoms with Crippen LogP contribution in [0.25, 0.3) is 11.3 Å². The Morgan fingerprint density at radius 2 is 1.88 bits per heavy atom. The number of allylic oxidation sites excluding steroid dienone is 4. The van der Waals surface area contributed by atoms with Crippen molar-refractivity contribution in [3.05, 3.63) is 52.1 Å². The second-order valence-corrected chi connectivity index (χ2v) is 11.9. The van der Waals surface area contributed by atoms with Crippen LogP contribution in [-0.2, 0) is 41.7 Å². The van der Waals surface area contributed by atoms with E-state index in [2.05, 4.69) is 10.6 Å². The maximum Gasteiger partial charge on any atom is 0.237 e. The topological polar surface area (TPSA) is 213 Å². The molecule has 1 aromatic rings. The summed E-state index contributed by atoms with van der Waals surface area (Å²) < 4.78 is 0. The van der Waals surface area contributed by atoms with Crippen molar-refractivity contribution in [2.24, 2.45) is 23.5 Å². The number of Topliss-reactive ketones (excluding diaryl/α,β-unsaturated/α-hetero) is 3. The number of phenols is 1. The third kappa shape index (κ3) is 4.43. The van der Waals surface area contributed by atoms with Crippen LogP contribution in [0.2, 0.25) is 0 Å². The number of rotatable bonds is 5. The number of aliphatic hydroxyl groups is 2. The number of hydrogen-bond donors (Lipinski definition) is 6. The highest BCUT2D eigenvalue weighted by Crippen LogP contribution is 2.52. The number of aromatic hydroxyl groups is 1. The number of amides is 2. The number of nitrogens with one attached hydrogen (secondary N) is 2. The molecule has 6 rings (SSSR count). The SMILES string of the molecule is NC(=O)C1C(=O)C[C@@H]2C[C@@H]3Cc4c(C5=CCC(=O)C=C5)cc(CNC(=O)C5CCCN5)c(O)c4C(O)=C3C(=O)[C@]2(O)C1=O. The van der Waals surface area contributed by atoms with Crippen LogP contribution in [0, 0.1) is 17.8 Å². The number of aliphatic hydroxyl groups excluding tert-OH is 1. The van der Waals surface area contributed by atoms with Crippen molar-refractivity contribution >= 4 is 46.3 Å². The molecule has 5 atom stereocenters. The molecular formula is C31H31N3O9. The molecule has 2 amide bonds. The Bertz CT molecular complexity index is 1610. The first-order valence-corrected chi connectivity index (χ1v) is 14.3.